The molecule has 1 heterocycles. The maximum absolute atomic E-state index is 13.0. The normalized spacial score (nSPS) is 10.6. The number of thioether (sulfide) groups is 1. The molecule has 0 bridgehead atoms. The number of para-hydroxylation sites is 1. The average Bonchev–Trinajstić information content (AvgIpc) is 2.73. The number of hydrogen-bond acceptors (Lipinski definition) is 3. The molecular weight excluding hydrogens is 352 g/mol. The number of nitrogens with one attached hydrogen (secondary N) is 1. The Morgan fingerprint density at radius 1 is 0.926 bits per heavy atom. The van der Waals surface area contributed by atoms with E-state index in [0.29, 0.717) is 5.56 Å². The third-order valence-electron chi connectivity index (χ3n) is 4.47. The van der Waals surface area contributed by atoms with Crippen LogP contribution in [0.5, 0.6) is 0 Å². The lowest BCUT2D eigenvalue weighted by Crippen LogP contribution is -2.16. The fourth-order valence-corrected chi connectivity index (χ4v) is 3.94. The van der Waals surface area contributed by atoms with Crippen LogP contribution in [0.4, 0.5) is 5.69 Å². The molecule has 3 nitrogen and oxygen atoms in total. The highest BCUT2D eigenvalue weighted by molar-refractivity contribution is 7.98. The molecule has 0 aliphatic rings. The number of hydrogen-bond donors (Lipinski definition) is 1. The van der Waals surface area contributed by atoms with Gasteiger partial charge in [-0.25, -0.2) is 4.98 Å². The SMILES string of the molecule is CCc1cccc(CC)c1NC(=O)c1cccnc1SCc1ccccc1. The number of carbonyl (C=O) groups excluding carboxylic acids is 1. The number of nitrogens with zero attached hydrogens (tertiary/aromatic N) is 1. The quantitative estimate of drug-likeness (QED) is 0.534. The van der Waals surface area contributed by atoms with E-state index in [1.807, 2.05) is 30.3 Å². The summed E-state index contributed by atoms with van der Waals surface area (Å²) in [5.74, 6) is 0.679. The highest BCUT2D eigenvalue weighted by Crippen LogP contribution is 2.27. The summed E-state index contributed by atoms with van der Waals surface area (Å²) in [5.41, 5.74) is 5.08. The Labute approximate surface area is 165 Å². The van der Waals surface area contributed by atoms with Crippen molar-refractivity contribution in [3.8, 4) is 0 Å². The van der Waals surface area contributed by atoms with E-state index in [2.05, 4.69) is 54.5 Å². The highest BCUT2D eigenvalue weighted by Gasteiger charge is 2.16. The molecule has 0 aliphatic carbocycles. The van der Waals surface area contributed by atoms with Gasteiger partial charge in [0, 0.05) is 17.6 Å². The van der Waals surface area contributed by atoms with Crippen LogP contribution < -0.4 is 5.32 Å². The number of aryl methyl sites for hydroxylation is 2. The van der Waals surface area contributed by atoms with Gasteiger partial charge in [-0.15, -0.1) is 11.8 Å². The van der Waals surface area contributed by atoms with Crippen molar-refractivity contribution in [3.63, 3.8) is 0 Å². The first-order chi connectivity index (χ1) is 13.2. The molecule has 0 fully saturated rings. The molecule has 1 amide bonds. The van der Waals surface area contributed by atoms with Gasteiger partial charge in [-0.1, -0.05) is 62.4 Å². The van der Waals surface area contributed by atoms with Crippen LogP contribution >= 0.6 is 11.8 Å². The van der Waals surface area contributed by atoms with Crippen LogP contribution in [0.2, 0.25) is 0 Å². The van der Waals surface area contributed by atoms with E-state index in [0.717, 1.165) is 40.4 Å². The molecule has 0 radical (unpaired) electrons. The molecule has 4 heteroatoms. The molecule has 0 saturated carbocycles. The smallest absolute Gasteiger partial charge is 0.258 e. The van der Waals surface area contributed by atoms with Gasteiger partial charge in [0.05, 0.1) is 5.56 Å². The van der Waals surface area contributed by atoms with Gasteiger partial charge >= 0.3 is 0 Å². The Balaban J connectivity index is 1.82. The van der Waals surface area contributed by atoms with Crippen molar-refractivity contribution < 1.29 is 4.79 Å². The van der Waals surface area contributed by atoms with E-state index in [9.17, 15) is 4.79 Å². The van der Waals surface area contributed by atoms with Crippen LogP contribution in [0.25, 0.3) is 0 Å². The second-order valence-electron chi connectivity index (χ2n) is 6.24. The predicted octanol–water partition coefficient (Wildman–Crippen LogP) is 5.75. The van der Waals surface area contributed by atoms with Crippen LogP contribution in [-0.2, 0) is 18.6 Å². The molecule has 3 rings (SSSR count). The fourth-order valence-electron chi connectivity index (χ4n) is 2.99. The molecule has 27 heavy (non-hydrogen) atoms. The molecule has 0 spiro atoms. The van der Waals surface area contributed by atoms with E-state index in [4.69, 9.17) is 0 Å². The maximum atomic E-state index is 13.0. The van der Waals surface area contributed by atoms with Crippen molar-refractivity contribution >= 4 is 23.4 Å². The summed E-state index contributed by atoms with van der Waals surface area (Å²) in [5, 5.41) is 3.90. The predicted molar refractivity (Wildman–Crippen MR) is 113 cm³/mol. The van der Waals surface area contributed by atoms with Gasteiger partial charge in [0.1, 0.15) is 5.03 Å². The Morgan fingerprint density at radius 2 is 1.63 bits per heavy atom. The Kier molecular flexibility index (Phi) is 6.66. The summed E-state index contributed by atoms with van der Waals surface area (Å²) in [6, 6.07) is 20.1. The third kappa shape index (κ3) is 4.77. The Bertz CT molecular complexity index is 887. The number of rotatable bonds is 7. The van der Waals surface area contributed by atoms with Gasteiger partial charge in [-0.05, 0) is 41.7 Å². The largest absolute Gasteiger partial charge is 0.321 e. The van der Waals surface area contributed by atoms with Gasteiger partial charge in [0.2, 0.25) is 0 Å². The first-order valence-electron chi connectivity index (χ1n) is 9.26. The zero-order valence-electron chi connectivity index (χ0n) is 15.7. The number of anilines is 1. The standard InChI is InChI=1S/C23H24N2OS/c1-3-18-12-8-13-19(4-2)21(18)25-22(26)20-14-9-15-24-23(20)27-16-17-10-6-5-7-11-17/h5-15H,3-4,16H2,1-2H3,(H,25,26). The van der Waals surface area contributed by atoms with Crippen LogP contribution in [0.3, 0.4) is 0 Å². The molecule has 3 aromatic rings. The molecule has 0 atom stereocenters. The van der Waals surface area contributed by atoms with E-state index < -0.39 is 0 Å². The number of benzene rings is 2. The summed E-state index contributed by atoms with van der Waals surface area (Å²) < 4.78 is 0. The minimum Gasteiger partial charge on any atom is -0.321 e. The van der Waals surface area contributed by atoms with E-state index in [1.165, 1.54) is 5.56 Å². The molecule has 0 aliphatic heterocycles. The Hall–Kier alpha value is -2.59. The monoisotopic (exact) mass is 376 g/mol. The number of carbonyl (C=O) groups is 1. The van der Waals surface area contributed by atoms with Crippen LogP contribution in [0, 0.1) is 0 Å². The number of amides is 1. The summed E-state index contributed by atoms with van der Waals surface area (Å²) in [4.78, 5) is 17.5. The minimum atomic E-state index is -0.103. The van der Waals surface area contributed by atoms with Crippen molar-refractivity contribution in [1.29, 1.82) is 0 Å². The lowest BCUT2D eigenvalue weighted by Gasteiger charge is -2.15. The zero-order valence-corrected chi connectivity index (χ0v) is 16.6. The van der Waals surface area contributed by atoms with Gasteiger partial charge < -0.3 is 5.32 Å². The van der Waals surface area contributed by atoms with Crippen molar-refractivity contribution in [2.24, 2.45) is 0 Å². The first-order valence-corrected chi connectivity index (χ1v) is 10.2. The molecule has 0 unspecified atom stereocenters. The number of aromatic nitrogens is 1. The van der Waals surface area contributed by atoms with Gasteiger partial charge in [-0.2, -0.15) is 0 Å². The summed E-state index contributed by atoms with van der Waals surface area (Å²) in [7, 11) is 0. The summed E-state index contributed by atoms with van der Waals surface area (Å²) in [6.07, 6.45) is 3.50. The van der Waals surface area contributed by atoms with E-state index in [-0.39, 0.29) is 5.91 Å². The molecule has 2 aromatic carbocycles. The summed E-state index contributed by atoms with van der Waals surface area (Å²) >= 11 is 1.59. The van der Waals surface area contributed by atoms with Crippen molar-refractivity contribution in [2.45, 2.75) is 37.5 Å². The van der Waals surface area contributed by atoms with E-state index in [1.54, 1.807) is 18.0 Å². The molecule has 0 saturated heterocycles. The van der Waals surface area contributed by atoms with Gasteiger partial charge in [0.15, 0.2) is 0 Å². The lowest BCUT2D eigenvalue weighted by molar-refractivity contribution is 0.102. The Morgan fingerprint density at radius 3 is 2.30 bits per heavy atom. The second-order valence-corrected chi connectivity index (χ2v) is 7.21. The second kappa shape index (κ2) is 9.38. The van der Waals surface area contributed by atoms with Gasteiger partial charge in [-0.3, -0.25) is 4.79 Å². The molecule has 138 valence electrons. The van der Waals surface area contributed by atoms with Crippen molar-refractivity contribution in [1.82, 2.24) is 4.98 Å². The zero-order chi connectivity index (χ0) is 19.1. The van der Waals surface area contributed by atoms with Crippen LogP contribution in [-0.4, -0.2) is 10.9 Å². The van der Waals surface area contributed by atoms with Gasteiger partial charge in [0.25, 0.3) is 5.91 Å². The van der Waals surface area contributed by atoms with Crippen molar-refractivity contribution in [3.05, 3.63) is 89.1 Å². The topological polar surface area (TPSA) is 42.0 Å². The minimum absolute atomic E-state index is 0.103. The van der Waals surface area contributed by atoms with Crippen molar-refractivity contribution in [2.75, 3.05) is 5.32 Å². The fraction of sp³-hybridized carbons (Fsp3) is 0.217. The average molecular weight is 377 g/mol. The van der Waals surface area contributed by atoms with Crippen LogP contribution in [0.15, 0.2) is 71.9 Å². The highest BCUT2D eigenvalue weighted by atomic mass is 32.2. The maximum Gasteiger partial charge on any atom is 0.258 e. The molecular formula is C23H24N2OS. The molecule has 1 N–H and O–H groups in total. The third-order valence-corrected chi connectivity index (χ3v) is 5.55. The first kappa shape index (κ1) is 19.2. The van der Waals surface area contributed by atoms with Crippen LogP contribution in [0.1, 0.15) is 40.9 Å². The number of pyridine rings is 1. The molecule has 1 aromatic heterocycles. The van der Waals surface area contributed by atoms with E-state index >= 15 is 0 Å². The summed E-state index contributed by atoms with van der Waals surface area (Å²) in [6.45, 7) is 4.21. The lowest BCUT2D eigenvalue weighted by atomic mass is 10.0.